The molecule has 0 bridgehead atoms. The summed E-state index contributed by atoms with van der Waals surface area (Å²) in [6, 6.07) is 0. The smallest absolute Gasteiger partial charge is 0.146 e. The minimum atomic E-state index is 0.267. The van der Waals surface area contributed by atoms with Crippen LogP contribution < -0.4 is 0 Å². The van der Waals surface area contributed by atoms with E-state index in [4.69, 9.17) is 23.4 Å². The molecule has 0 aromatic carbocycles. The zero-order chi connectivity index (χ0) is 10.9. The zero-order valence-electron chi connectivity index (χ0n) is 9.02. The van der Waals surface area contributed by atoms with Crippen molar-refractivity contribution in [3.05, 3.63) is 23.7 Å². The van der Waals surface area contributed by atoms with E-state index in [0.29, 0.717) is 13.2 Å². The van der Waals surface area contributed by atoms with Crippen LogP contribution in [-0.2, 0) is 32.2 Å². The predicted octanol–water partition coefficient (Wildman–Crippen LogP) is 1.52. The van der Waals surface area contributed by atoms with Crippen molar-refractivity contribution in [1.29, 1.82) is 0 Å². The molecule has 86 valence electrons. The average Bonchev–Trinajstić information content (AvgIpc) is 2.67. The molecule has 1 aromatic heterocycles. The lowest BCUT2D eigenvalue weighted by atomic mass is 10.2. The van der Waals surface area contributed by atoms with Crippen LogP contribution in [0.15, 0.2) is 16.9 Å². The lowest BCUT2D eigenvalue weighted by molar-refractivity contribution is -0.0453. The van der Waals surface area contributed by atoms with Gasteiger partial charge in [-0.15, -0.1) is 0 Å². The van der Waals surface area contributed by atoms with Crippen LogP contribution in [-0.4, -0.2) is 27.8 Å². The first-order valence-corrected chi connectivity index (χ1v) is 4.55. The average molecular weight is 216 g/mol. The second kappa shape index (κ2) is 7.42. The van der Waals surface area contributed by atoms with Crippen LogP contribution in [0.4, 0.5) is 0 Å². The van der Waals surface area contributed by atoms with E-state index < -0.39 is 0 Å². The molecule has 0 saturated carbocycles. The normalized spacial score (nSPS) is 10.8. The van der Waals surface area contributed by atoms with Crippen LogP contribution in [0.3, 0.4) is 0 Å². The molecule has 0 spiro atoms. The van der Waals surface area contributed by atoms with E-state index in [9.17, 15) is 0 Å². The molecule has 0 N–H and O–H groups in total. The van der Waals surface area contributed by atoms with Crippen molar-refractivity contribution in [1.82, 2.24) is 0 Å². The van der Waals surface area contributed by atoms with E-state index >= 15 is 0 Å². The summed E-state index contributed by atoms with van der Waals surface area (Å²) in [5.41, 5.74) is 1.92. The highest BCUT2D eigenvalue weighted by Gasteiger charge is 2.05. The van der Waals surface area contributed by atoms with Gasteiger partial charge < -0.3 is 23.4 Å². The third-order valence-electron chi connectivity index (χ3n) is 1.75. The maximum absolute atomic E-state index is 5.21. The number of ether oxygens (including phenoxy) is 4. The molecule has 0 radical (unpaired) electrons. The molecule has 15 heavy (non-hydrogen) atoms. The summed E-state index contributed by atoms with van der Waals surface area (Å²) in [6.45, 7) is 1.44. The molecular weight excluding hydrogens is 200 g/mol. The van der Waals surface area contributed by atoms with Gasteiger partial charge in [0.1, 0.15) is 13.6 Å². The third-order valence-corrected chi connectivity index (χ3v) is 1.75. The molecule has 1 aromatic rings. The minimum absolute atomic E-state index is 0.267. The predicted molar refractivity (Wildman–Crippen MR) is 52.0 cm³/mol. The van der Waals surface area contributed by atoms with Gasteiger partial charge in [0.05, 0.1) is 25.7 Å². The van der Waals surface area contributed by atoms with Gasteiger partial charge in [-0.05, 0) is 0 Å². The van der Waals surface area contributed by atoms with Crippen molar-refractivity contribution < 1.29 is 23.4 Å². The van der Waals surface area contributed by atoms with Gasteiger partial charge in [-0.1, -0.05) is 0 Å². The Morgan fingerprint density at radius 3 is 1.80 bits per heavy atom. The number of rotatable bonds is 8. The summed E-state index contributed by atoms with van der Waals surface area (Å²) in [4.78, 5) is 0. The van der Waals surface area contributed by atoms with E-state index in [2.05, 4.69) is 0 Å². The Bertz CT molecular complexity index is 234. The lowest BCUT2D eigenvalue weighted by Crippen LogP contribution is -2.01. The molecule has 0 fully saturated rings. The second-order valence-electron chi connectivity index (χ2n) is 2.93. The first kappa shape index (κ1) is 12.2. The van der Waals surface area contributed by atoms with Gasteiger partial charge in [-0.2, -0.15) is 0 Å². The molecule has 0 aliphatic heterocycles. The highest BCUT2D eigenvalue weighted by atomic mass is 16.7. The third kappa shape index (κ3) is 4.44. The van der Waals surface area contributed by atoms with Gasteiger partial charge in [0.2, 0.25) is 0 Å². The minimum Gasteiger partial charge on any atom is -0.472 e. The fraction of sp³-hybridized carbons (Fsp3) is 0.600. The highest BCUT2D eigenvalue weighted by molar-refractivity contribution is 5.19. The number of hydrogen-bond donors (Lipinski definition) is 0. The molecule has 1 rings (SSSR count). The van der Waals surface area contributed by atoms with Crippen LogP contribution in [0.5, 0.6) is 0 Å². The SMILES string of the molecule is COCOCc1cocc1COCOC. The summed E-state index contributed by atoms with van der Waals surface area (Å²) < 4.78 is 25.0. The van der Waals surface area contributed by atoms with E-state index in [0.717, 1.165) is 11.1 Å². The van der Waals surface area contributed by atoms with E-state index in [-0.39, 0.29) is 13.6 Å². The van der Waals surface area contributed by atoms with Gasteiger partial charge in [0.25, 0.3) is 0 Å². The van der Waals surface area contributed by atoms with Crippen LogP contribution in [0, 0.1) is 0 Å². The second-order valence-corrected chi connectivity index (χ2v) is 2.93. The van der Waals surface area contributed by atoms with Crippen LogP contribution in [0.2, 0.25) is 0 Å². The van der Waals surface area contributed by atoms with Gasteiger partial charge >= 0.3 is 0 Å². The monoisotopic (exact) mass is 216 g/mol. The van der Waals surface area contributed by atoms with Crippen molar-refractivity contribution in [2.75, 3.05) is 27.8 Å². The molecular formula is C10H16O5. The largest absolute Gasteiger partial charge is 0.472 e. The fourth-order valence-electron chi connectivity index (χ4n) is 1.07. The summed E-state index contributed by atoms with van der Waals surface area (Å²) in [6.07, 6.45) is 3.28. The van der Waals surface area contributed by atoms with Gasteiger partial charge in [0.15, 0.2) is 0 Å². The van der Waals surface area contributed by atoms with Crippen LogP contribution >= 0.6 is 0 Å². The molecule has 1 heterocycles. The maximum atomic E-state index is 5.21. The molecule has 0 aliphatic carbocycles. The van der Waals surface area contributed by atoms with Crippen molar-refractivity contribution in [2.45, 2.75) is 13.2 Å². The Kier molecular flexibility index (Phi) is 6.03. The molecule has 0 amide bonds. The molecule has 0 unspecified atom stereocenters. The zero-order valence-corrected chi connectivity index (χ0v) is 9.02. The van der Waals surface area contributed by atoms with Gasteiger partial charge in [-0.25, -0.2) is 0 Å². The summed E-state index contributed by atoms with van der Waals surface area (Å²) >= 11 is 0. The van der Waals surface area contributed by atoms with E-state index in [1.807, 2.05) is 0 Å². The molecule has 0 saturated heterocycles. The summed E-state index contributed by atoms with van der Waals surface area (Å²) in [7, 11) is 3.16. The van der Waals surface area contributed by atoms with Crippen molar-refractivity contribution in [3.63, 3.8) is 0 Å². The Morgan fingerprint density at radius 1 is 0.933 bits per heavy atom. The standard InChI is InChI=1S/C10H16O5/c1-11-7-14-5-9-3-13-4-10(9)6-15-8-12-2/h3-4H,5-8H2,1-2H3. The Balaban J connectivity index is 2.32. The highest BCUT2D eigenvalue weighted by Crippen LogP contribution is 2.13. The molecule has 0 atom stereocenters. The van der Waals surface area contributed by atoms with Crippen molar-refractivity contribution in [2.24, 2.45) is 0 Å². The first-order chi connectivity index (χ1) is 7.38. The lowest BCUT2D eigenvalue weighted by Gasteiger charge is -2.04. The van der Waals surface area contributed by atoms with Crippen molar-refractivity contribution in [3.8, 4) is 0 Å². The Labute approximate surface area is 88.9 Å². The summed E-state index contributed by atoms with van der Waals surface area (Å²) in [5, 5.41) is 0. The molecule has 5 nitrogen and oxygen atoms in total. The van der Waals surface area contributed by atoms with Crippen LogP contribution in [0.1, 0.15) is 11.1 Å². The summed E-state index contributed by atoms with van der Waals surface area (Å²) in [5.74, 6) is 0. The van der Waals surface area contributed by atoms with E-state index in [1.54, 1.807) is 26.7 Å². The maximum Gasteiger partial charge on any atom is 0.146 e. The number of methoxy groups -OCH3 is 2. The fourth-order valence-corrected chi connectivity index (χ4v) is 1.07. The van der Waals surface area contributed by atoms with Crippen LogP contribution in [0.25, 0.3) is 0 Å². The van der Waals surface area contributed by atoms with Gasteiger partial charge in [-0.3, -0.25) is 0 Å². The number of hydrogen-bond acceptors (Lipinski definition) is 5. The molecule has 5 heteroatoms. The Morgan fingerprint density at radius 2 is 1.40 bits per heavy atom. The van der Waals surface area contributed by atoms with E-state index in [1.165, 1.54) is 0 Å². The number of furan rings is 1. The molecule has 0 aliphatic rings. The first-order valence-electron chi connectivity index (χ1n) is 4.55. The Hall–Kier alpha value is -0.880. The van der Waals surface area contributed by atoms with Crippen molar-refractivity contribution >= 4 is 0 Å². The van der Waals surface area contributed by atoms with Gasteiger partial charge in [0, 0.05) is 25.3 Å². The quantitative estimate of drug-likeness (QED) is 0.487. The topological polar surface area (TPSA) is 50.1 Å².